The second-order valence-electron chi connectivity index (χ2n) is 8.91. The number of carbonyl (C=O) groups is 2. The topological polar surface area (TPSA) is 82.6 Å². The van der Waals surface area contributed by atoms with Gasteiger partial charge in [-0.25, -0.2) is 14.0 Å². The van der Waals surface area contributed by atoms with Crippen LogP contribution in [0.15, 0.2) is 18.2 Å². The third-order valence-corrected chi connectivity index (χ3v) is 6.91. The summed E-state index contributed by atoms with van der Waals surface area (Å²) in [6, 6.07) is 4.87. The van der Waals surface area contributed by atoms with Gasteiger partial charge >= 0.3 is 12.2 Å². The van der Waals surface area contributed by atoms with Gasteiger partial charge < -0.3 is 24.4 Å². The highest BCUT2D eigenvalue weighted by atomic mass is 19.1. The summed E-state index contributed by atoms with van der Waals surface area (Å²) in [7, 11) is 0. The lowest BCUT2D eigenvalue weighted by molar-refractivity contribution is 0.00640. The van der Waals surface area contributed by atoms with E-state index in [1.807, 2.05) is 9.80 Å². The van der Waals surface area contributed by atoms with Gasteiger partial charge in [-0.1, -0.05) is 0 Å². The van der Waals surface area contributed by atoms with Crippen molar-refractivity contribution in [1.82, 2.24) is 4.90 Å². The first-order chi connectivity index (χ1) is 15.0. The van der Waals surface area contributed by atoms with Crippen LogP contribution in [0.4, 0.5) is 25.4 Å². The van der Waals surface area contributed by atoms with Gasteiger partial charge in [0.2, 0.25) is 0 Å². The average Bonchev–Trinajstić information content (AvgIpc) is 3.29. The number of carbonyl (C=O) groups excluding carboxylic acids is 2. The highest BCUT2D eigenvalue weighted by Crippen LogP contribution is 2.37. The van der Waals surface area contributed by atoms with Crippen LogP contribution in [0.3, 0.4) is 0 Å². The number of rotatable bonds is 3. The molecular formula is C22H28FN3O5. The van der Waals surface area contributed by atoms with Gasteiger partial charge in [-0.3, -0.25) is 4.90 Å². The Labute approximate surface area is 180 Å². The lowest BCUT2D eigenvalue weighted by Crippen LogP contribution is -2.50. The molecular weight excluding hydrogens is 405 g/mol. The minimum Gasteiger partial charge on any atom is -0.447 e. The molecule has 8 nitrogen and oxygen atoms in total. The van der Waals surface area contributed by atoms with Crippen LogP contribution in [0.5, 0.6) is 0 Å². The van der Waals surface area contributed by atoms with Gasteiger partial charge in [0.15, 0.2) is 0 Å². The molecule has 5 rings (SSSR count). The molecule has 1 aromatic carbocycles. The number of hydrogen-bond acceptors (Lipinski definition) is 6. The van der Waals surface area contributed by atoms with Crippen molar-refractivity contribution in [2.75, 3.05) is 36.0 Å². The number of cyclic esters (lactones) is 1. The average molecular weight is 433 g/mol. The van der Waals surface area contributed by atoms with Crippen molar-refractivity contribution in [3.8, 4) is 0 Å². The smallest absolute Gasteiger partial charge is 0.414 e. The Hall–Kier alpha value is -2.55. The molecule has 4 saturated heterocycles. The Morgan fingerprint density at radius 2 is 1.94 bits per heavy atom. The molecule has 0 spiro atoms. The van der Waals surface area contributed by atoms with Crippen molar-refractivity contribution in [1.29, 1.82) is 0 Å². The molecule has 9 heteroatoms. The molecule has 4 fully saturated rings. The van der Waals surface area contributed by atoms with Crippen molar-refractivity contribution in [3.63, 3.8) is 0 Å². The molecule has 0 radical (unpaired) electrons. The van der Waals surface area contributed by atoms with Gasteiger partial charge in [-0.15, -0.1) is 0 Å². The third kappa shape index (κ3) is 3.91. The number of hydrogen-bond donors (Lipinski definition) is 1. The van der Waals surface area contributed by atoms with Crippen LogP contribution in [0.2, 0.25) is 0 Å². The highest BCUT2D eigenvalue weighted by Gasteiger charge is 2.44. The van der Waals surface area contributed by atoms with Crippen molar-refractivity contribution in [2.24, 2.45) is 0 Å². The molecule has 4 aliphatic heterocycles. The van der Waals surface area contributed by atoms with Crippen molar-refractivity contribution in [3.05, 3.63) is 24.0 Å². The van der Waals surface area contributed by atoms with Gasteiger partial charge in [0, 0.05) is 18.6 Å². The van der Waals surface area contributed by atoms with Gasteiger partial charge in [0.05, 0.1) is 30.6 Å². The maximum absolute atomic E-state index is 14.9. The van der Waals surface area contributed by atoms with E-state index in [0.717, 1.165) is 25.7 Å². The number of piperidine rings is 2. The fraction of sp³-hybridized carbons (Fsp3) is 0.636. The van der Waals surface area contributed by atoms with E-state index in [9.17, 15) is 19.1 Å². The van der Waals surface area contributed by atoms with Crippen molar-refractivity contribution in [2.45, 2.75) is 62.8 Å². The Morgan fingerprint density at radius 1 is 1.16 bits per heavy atom. The molecule has 0 aliphatic carbocycles. The molecule has 1 aromatic rings. The molecule has 0 saturated carbocycles. The monoisotopic (exact) mass is 433 g/mol. The normalized spacial score (nSPS) is 30.5. The number of amides is 2. The second kappa shape index (κ2) is 8.18. The van der Waals surface area contributed by atoms with E-state index < -0.39 is 11.9 Å². The number of fused-ring (bicyclic) bond motifs is 2. The molecule has 0 aromatic heterocycles. The van der Waals surface area contributed by atoms with Gasteiger partial charge in [-0.05, 0) is 56.7 Å². The van der Waals surface area contributed by atoms with Crippen LogP contribution in [-0.4, -0.2) is 72.7 Å². The summed E-state index contributed by atoms with van der Waals surface area (Å²) in [6.45, 7) is 1.82. The zero-order valence-electron chi connectivity index (χ0n) is 17.4. The lowest BCUT2D eigenvalue weighted by Gasteiger charge is -2.39. The Bertz CT molecular complexity index is 854. The molecule has 2 amide bonds. The van der Waals surface area contributed by atoms with Gasteiger partial charge in [-0.2, -0.15) is 0 Å². The molecule has 1 N–H and O–H groups in total. The van der Waals surface area contributed by atoms with E-state index in [0.29, 0.717) is 50.5 Å². The largest absolute Gasteiger partial charge is 0.447 e. The van der Waals surface area contributed by atoms with Crippen LogP contribution in [0.1, 0.15) is 38.5 Å². The van der Waals surface area contributed by atoms with Crippen LogP contribution < -0.4 is 9.80 Å². The van der Waals surface area contributed by atoms with Crippen molar-refractivity contribution < 1.29 is 28.6 Å². The Kier molecular flexibility index (Phi) is 5.37. The van der Waals surface area contributed by atoms with Crippen molar-refractivity contribution >= 4 is 23.6 Å². The third-order valence-electron chi connectivity index (χ3n) is 6.91. The standard InChI is InChI=1S/C22H28FN3O5/c23-19-12-14(25-8-9-30-21(25)28)5-6-20(19)24-7-1-2-18(13-24)31-22(29)26-15-3-4-16(26)11-17(27)10-15/h5-6,12,15-18,27H,1-4,7-11,13H2. The fourth-order valence-electron chi connectivity index (χ4n) is 5.45. The number of aliphatic hydroxyl groups is 1. The van der Waals surface area contributed by atoms with E-state index in [4.69, 9.17) is 9.47 Å². The fourth-order valence-corrected chi connectivity index (χ4v) is 5.45. The maximum Gasteiger partial charge on any atom is 0.414 e. The molecule has 3 unspecified atom stereocenters. The van der Waals surface area contributed by atoms with E-state index >= 15 is 0 Å². The van der Waals surface area contributed by atoms with Gasteiger partial charge in [0.1, 0.15) is 18.5 Å². The first kappa shape index (κ1) is 20.4. The Morgan fingerprint density at radius 3 is 2.61 bits per heavy atom. The summed E-state index contributed by atoms with van der Waals surface area (Å²) in [5, 5.41) is 9.95. The predicted octanol–water partition coefficient (Wildman–Crippen LogP) is 2.88. The summed E-state index contributed by atoms with van der Waals surface area (Å²) in [4.78, 5) is 29.7. The number of benzene rings is 1. The minimum atomic E-state index is -0.462. The van der Waals surface area contributed by atoms with E-state index in [1.54, 1.807) is 12.1 Å². The highest BCUT2D eigenvalue weighted by molar-refractivity contribution is 5.89. The Balaban J connectivity index is 1.23. The van der Waals surface area contributed by atoms with Gasteiger partial charge in [0.25, 0.3) is 0 Å². The quantitative estimate of drug-likeness (QED) is 0.789. The number of halogens is 1. The molecule has 2 bridgehead atoms. The van der Waals surface area contributed by atoms with E-state index in [2.05, 4.69) is 0 Å². The second-order valence-corrected chi connectivity index (χ2v) is 8.91. The summed E-state index contributed by atoms with van der Waals surface area (Å²) in [5.74, 6) is -0.410. The zero-order valence-corrected chi connectivity index (χ0v) is 17.4. The molecule has 168 valence electrons. The summed E-state index contributed by atoms with van der Waals surface area (Å²) < 4.78 is 25.6. The lowest BCUT2D eigenvalue weighted by atomic mass is 10.0. The molecule has 4 aliphatic rings. The minimum absolute atomic E-state index is 0.0585. The molecule has 4 heterocycles. The van der Waals surface area contributed by atoms with Crippen LogP contribution >= 0.6 is 0 Å². The molecule has 3 atom stereocenters. The predicted molar refractivity (Wildman–Crippen MR) is 111 cm³/mol. The summed E-state index contributed by atoms with van der Waals surface area (Å²) in [6.07, 6.45) is 3.18. The number of ether oxygens (including phenoxy) is 2. The maximum atomic E-state index is 14.9. The van der Waals surface area contributed by atoms with E-state index in [1.165, 1.54) is 11.0 Å². The van der Waals surface area contributed by atoms with Crippen LogP contribution in [0.25, 0.3) is 0 Å². The first-order valence-electron chi connectivity index (χ1n) is 11.2. The van der Waals surface area contributed by atoms with Crippen LogP contribution in [0, 0.1) is 5.82 Å². The number of nitrogens with zero attached hydrogens (tertiary/aromatic N) is 3. The number of anilines is 2. The summed E-state index contributed by atoms with van der Waals surface area (Å²) >= 11 is 0. The zero-order chi connectivity index (χ0) is 21.5. The SMILES string of the molecule is O=C1OCCN1c1ccc(N2CCCC(OC(=O)N3C4CCC3CC(O)C4)C2)c(F)c1. The van der Waals surface area contributed by atoms with Crippen LogP contribution in [-0.2, 0) is 9.47 Å². The first-order valence-corrected chi connectivity index (χ1v) is 11.2. The molecule has 31 heavy (non-hydrogen) atoms. The summed E-state index contributed by atoms with van der Waals surface area (Å²) in [5.41, 5.74) is 0.921. The van der Waals surface area contributed by atoms with E-state index in [-0.39, 0.29) is 30.4 Å². The number of aliphatic hydroxyl groups excluding tert-OH is 1.